The van der Waals surface area contributed by atoms with Crippen molar-refractivity contribution in [3.8, 4) is 56.4 Å². The highest BCUT2D eigenvalue weighted by Gasteiger charge is 2.38. The van der Waals surface area contributed by atoms with Crippen molar-refractivity contribution in [1.29, 1.82) is 0 Å². The van der Waals surface area contributed by atoms with Crippen molar-refractivity contribution >= 4 is 18.4 Å². The summed E-state index contributed by atoms with van der Waals surface area (Å²) in [5.41, 5.74) is 7.97. The van der Waals surface area contributed by atoms with Gasteiger partial charge in [0.1, 0.15) is 8.07 Å². The summed E-state index contributed by atoms with van der Waals surface area (Å²) in [6, 6.07) is 44.6. The van der Waals surface area contributed by atoms with Crippen LogP contribution in [0, 0.1) is 0 Å². The molecule has 6 aromatic rings. The Kier molecular flexibility index (Phi) is 5.57. The average molecular weight is 518 g/mol. The Hall–Kier alpha value is -4.67. The molecule has 1 aliphatic heterocycles. The van der Waals surface area contributed by atoms with E-state index in [1.165, 1.54) is 32.6 Å². The Morgan fingerprint density at radius 3 is 1.54 bits per heavy atom. The SMILES string of the molecule is C[Si]1(C)c2ccccc2-c2c(-c3nc(-c4ccccc4)nc(-c4ccc(-c5ccccc5)cc4)n3)cccc21. The van der Waals surface area contributed by atoms with Crippen molar-refractivity contribution < 1.29 is 0 Å². The van der Waals surface area contributed by atoms with E-state index in [-0.39, 0.29) is 0 Å². The van der Waals surface area contributed by atoms with Crippen LogP contribution < -0.4 is 10.4 Å². The molecular weight excluding hydrogens is 490 g/mol. The maximum absolute atomic E-state index is 5.09. The van der Waals surface area contributed by atoms with Gasteiger partial charge in [-0.3, -0.25) is 0 Å². The van der Waals surface area contributed by atoms with Crippen molar-refractivity contribution in [2.75, 3.05) is 0 Å². The van der Waals surface area contributed by atoms with Crippen LogP contribution in [-0.2, 0) is 0 Å². The monoisotopic (exact) mass is 517 g/mol. The van der Waals surface area contributed by atoms with Crippen molar-refractivity contribution in [1.82, 2.24) is 15.0 Å². The van der Waals surface area contributed by atoms with Crippen LogP contribution in [0.5, 0.6) is 0 Å². The number of nitrogens with zero attached hydrogens (tertiary/aromatic N) is 3. The predicted octanol–water partition coefficient (Wildman–Crippen LogP) is 7.34. The summed E-state index contributed by atoms with van der Waals surface area (Å²) in [5.74, 6) is 2.08. The molecule has 0 N–H and O–H groups in total. The third kappa shape index (κ3) is 4.01. The van der Waals surface area contributed by atoms with Crippen LogP contribution >= 0.6 is 0 Å². The van der Waals surface area contributed by atoms with E-state index in [1.807, 2.05) is 24.3 Å². The largest absolute Gasteiger partial charge is 0.208 e. The molecule has 0 aliphatic carbocycles. The molecule has 3 nitrogen and oxygen atoms in total. The second kappa shape index (κ2) is 9.26. The first-order valence-electron chi connectivity index (χ1n) is 13.3. The molecule has 0 radical (unpaired) electrons. The molecule has 0 unspecified atom stereocenters. The molecule has 0 atom stereocenters. The molecule has 1 aliphatic rings. The molecule has 0 bridgehead atoms. The first-order chi connectivity index (χ1) is 19.1. The Labute approximate surface area is 229 Å². The molecule has 0 fully saturated rings. The molecule has 0 amide bonds. The van der Waals surface area contributed by atoms with E-state index in [0.29, 0.717) is 17.5 Å². The first-order valence-corrected chi connectivity index (χ1v) is 16.3. The van der Waals surface area contributed by atoms with Gasteiger partial charge >= 0.3 is 0 Å². The van der Waals surface area contributed by atoms with E-state index in [4.69, 9.17) is 15.0 Å². The highest BCUT2D eigenvalue weighted by atomic mass is 28.3. The molecule has 39 heavy (non-hydrogen) atoms. The Balaban J connectivity index is 1.42. The van der Waals surface area contributed by atoms with Crippen LogP contribution in [0.15, 0.2) is 127 Å². The number of benzene rings is 5. The van der Waals surface area contributed by atoms with E-state index < -0.39 is 8.07 Å². The lowest BCUT2D eigenvalue weighted by Crippen LogP contribution is -2.49. The Morgan fingerprint density at radius 1 is 0.385 bits per heavy atom. The molecule has 1 aromatic heterocycles. The summed E-state index contributed by atoms with van der Waals surface area (Å²) in [4.78, 5) is 15.1. The molecular formula is C35H27N3Si. The van der Waals surface area contributed by atoms with E-state index in [2.05, 4.69) is 116 Å². The minimum atomic E-state index is -1.81. The van der Waals surface area contributed by atoms with Crippen molar-refractivity contribution in [2.45, 2.75) is 13.1 Å². The summed E-state index contributed by atoms with van der Waals surface area (Å²) >= 11 is 0. The van der Waals surface area contributed by atoms with Gasteiger partial charge in [0.2, 0.25) is 0 Å². The number of aromatic nitrogens is 3. The highest BCUT2D eigenvalue weighted by Crippen LogP contribution is 2.36. The van der Waals surface area contributed by atoms with Crippen LogP contribution in [0.2, 0.25) is 13.1 Å². The fraction of sp³-hybridized carbons (Fsp3) is 0.0571. The lowest BCUT2D eigenvalue weighted by atomic mass is 9.99. The number of hydrogen-bond donors (Lipinski definition) is 0. The van der Waals surface area contributed by atoms with Gasteiger partial charge in [-0.1, -0.05) is 140 Å². The molecule has 0 spiro atoms. The van der Waals surface area contributed by atoms with Gasteiger partial charge in [0.05, 0.1) is 0 Å². The summed E-state index contributed by atoms with van der Waals surface area (Å²) in [5, 5.41) is 2.91. The fourth-order valence-corrected chi connectivity index (χ4v) is 8.82. The van der Waals surface area contributed by atoms with Crippen LogP contribution in [-0.4, -0.2) is 23.0 Å². The number of hydrogen-bond acceptors (Lipinski definition) is 3. The summed E-state index contributed by atoms with van der Waals surface area (Å²) in [7, 11) is -1.81. The minimum absolute atomic E-state index is 0.679. The molecule has 0 saturated heterocycles. The fourth-order valence-electron chi connectivity index (χ4n) is 5.73. The zero-order valence-electron chi connectivity index (χ0n) is 22.0. The van der Waals surface area contributed by atoms with Gasteiger partial charge in [0.15, 0.2) is 17.5 Å². The Morgan fingerprint density at radius 2 is 0.846 bits per heavy atom. The number of fused-ring (bicyclic) bond motifs is 3. The molecule has 186 valence electrons. The van der Waals surface area contributed by atoms with Gasteiger partial charge in [0, 0.05) is 16.7 Å². The standard InChI is InChI=1S/C35H27N3Si/c1-39(2)30-18-10-9-16-28(30)32-29(17-11-19-31(32)39)35-37-33(26-14-7-4-8-15-26)36-34(38-35)27-22-20-25(21-23-27)24-12-5-3-6-13-24/h3-23H,1-2H3. The summed E-state index contributed by atoms with van der Waals surface area (Å²) in [6.45, 7) is 4.87. The molecule has 5 aromatic carbocycles. The molecule has 0 saturated carbocycles. The van der Waals surface area contributed by atoms with E-state index in [0.717, 1.165) is 16.7 Å². The van der Waals surface area contributed by atoms with Crippen LogP contribution in [0.25, 0.3) is 56.4 Å². The van der Waals surface area contributed by atoms with Crippen molar-refractivity contribution in [3.63, 3.8) is 0 Å². The van der Waals surface area contributed by atoms with Gasteiger partial charge in [-0.15, -0.1) is 0 Å². The summed E-state index contributed by atoms with van der Waals surface area (Å²) < 4.78 is 0. The minimum Gasteiger partial charge on any atom is -0.208 e. The van der Waals surface area contributed by atoms with Gasteiger partial charge in [-0.05, 0) is 32.6 Å². The maximum Gasteiger partial charge on any atom is 0.164 e. The van der Waals surface area contributed by atoms with Gasteiger partial charge in [-0.25, -0.2) is 15.0 Å². The highest BCUT2D eigenvalue weighted by molar-refractivity contribution is 7.04. The second-order valence-electron chi connectivity index (χ2n) is 10.5. The van der Waals surface area contributed by atoms with E-state index >= 15 is 0 Å². The predicted molar refractivity (Wildman–Crippen MR) is 164 cm³/mol. The van der Waals surface area contributed by atoms with Crippen LogP contribution in [0.4, 0.5) is 0 Å². The smallest absolute Gasteiger partial charge is 0.164 e. The normalized spacial score (nSPS) is 13.1. The van der Waals surface area contributed by atoms with Crippen LogP contribution in [0.1, 0.15) is 0 Å². The number of rotatable bonds is 4. The average Bonchev–Trinajstić information content (AvgIpc) is 3.24. The van der Waals surface area contributed by atoms with E-state index in [1.54, 1.807) is 0 Å². The summed E-state index contributed by atoms with van der Waals surface area (Å²) in [6.07, 6.45) is 0. The maximum atomic E-state index is 5.09. The lowest BCUT2D eigenvalue weighted by Gasteiger charge is -2.18. The van der Waals surface area contributed by atoms with Crippen molar-refractivity contribution in [3.05, 3.63) is 127 Å². The molecule has 4 heteroatoms. The Bertz CT molecular complexity index is 1810. The van der Waals surface area contributed by atoms with Crippen LogP contribution in [0.3, 0.4) is 0 Å². The quantitative estimate of drug-likeness (QED) is 0.230. The van der Waals surface area contributed by atoms with Gasteiger partial charge in [-0.2, -0.15) is 0 Å². The molecule has 7 rings (SSSR count). The van der Waals surface area contributed by atoms with E-state index in [9.17, 15) is 0 Å². The molecule has 2 heterocycles. The van der Waals surface area contributed by atoms with Crippen molar-refractivity contribution in [2.24, 2.45) is 0 Å². The lowest BCUT2D eigenvalue weighted by molar-refractivity contribution is 1.07. The third-order valence-electron chi connectivity index (χ3n) is 7.77. The van der Waals surface area contributed by atoms with Gasteiger partial charge in [0.25, 0.3) is 0 Å². The zero-order chi connectivity index (χ0) is 26.4. The third-order valence-corrected chi connectivity index (χ3v) is 11.3. The second-order valence-corrected chi connectivity index (χ2v) is 14.8. The van der Waals surface area contributed by atoms with Gasteiger partial charge < -0.3 is 0 Å². The topological polar surface area (TPSA) is 38.7 Å². The first kappa shape index (κ1) is 23.4. The zero-order valence-corrected chi connectivity index (χ0v) is 23.0.